The van der Waals surface area contributed by atoms with Crippen molar-refractivity contribution in [1.29, 1.82) is 0 Å². The number of anilines is 2. The van der Waals surface area contributed by atoms with Crippen molar-refractivity contribution >= 4 is 49.9 Å². The third-order valence-electron chi connectivity index (χ3n) is 6.92. The van der Waals surface area contributed by atoms with Crippen molar-refractivity contribution in [2.24, 2.45) is 5.92 Å². The lowest BCUT2D eigenvalue weighted by Gasteiger charge is -2.33. The van der Waals surface area contributed by atoms with Gasteiger partial charge in [-0.2, -0.15) is 4.31 Å². The summed E-state index contributed by atoms with van der Waals surface area (Å²) in [6.45, 7) is 4.50. The molecule has 0 unspecified atom stereocenters. The number of pyridine rings is 1. The Bertz CT molecular complexity index is 1370. The van der Waals surface area contributed by atoms with Gasteiger partial charge < -0.3 is 10.2 Å². The van der Waals surface area contributed by atoms with Gasteiger partial charge in [0.2, 0.25) is 15.9 Å². The predicted molar refractivity (Wildman–Crippen MR) is 139 cm³/mol. The van der Waals surface area contributed by atoms with Gasteiger partial charge in [0.1, 0.15) is 5.82 Å². The van der Waals surface area contributed by atoms with Gasteiger partial charge in [0, 0.05) is 42.3 Å². The van der Waals surface area contributed by atoms with E-state index in [9.17, 15) is 13.2 Å². The molecule has 0 aliphatic carbocycles. The molecule has 1 N–H and O–H groups in total. The highest BCUT2D eigenvalue weighted by atomic mass is 35.5. The quantitative estimate of drug-likeness (QED) is 0.529. The molecule has 0 bridgehead atoms. The van der Waals surface area contributed by atoms with Crippen LogP contribution >= 0.6 is 11.6 Å². The summed E-state index contributed by atoms with van der Waals surface area (Å²) in [7, 11) is -3.47. The fraction of sp³-hybridized carbons (Fsp3) is 0.385. The lowest BCUT2D eigenvalue weighted by molar-refractivity contribution is -0.120. The predicted octanol–water partition coefficient (Wildman–Crippen LogP) is 4.84. The number of aryl methyl sites for hydroxylation is 1. The molecule has 184 valence electrons. The zero-order valence-corrected chi connectivity index (χ0v) is 21.3. The monoisotopic (exact) mass is 512 g/mol. The molecule has 2 aliphatic rings. The Kier molecular flexibility index (Phi) is 6.70. The molecule has 2 saturated heterocycles. The van der Waals surface area contributed by atoms with Crippen LogP contribution in [0.4, 0.5) is 11.5 Å². The van der Waals surface area contributed by atoms with Crippen LogP contribution in [0.15, 0.2) is 53.4 Å². The van der Waals surface area contributed by atoms with Crippen LogP contribution in [0.5, 0.6) is 0 Å². The molecule has 2 fully saturated rings. The Hall–Kier alpha value is -2.68. The second-order valence-electron chi connectivity index (χ2n) is 9.37. The third kappa shape index (κ3) is 5.01. The number of hydrogen-bond donors (Lipinski definition) is 1. The normalized spacial score (nSPS) is 19.3. The fourth-order valence-electron chi connectivity index (χ4n) is 4.87. The number of nitrogens with one attached hydrogen (secondary N) is 1. The second kappa shape index (κ2) is 9.76. The maximum Gasteiger partial charge on any atom is 0.243 e. The molecular weight excluding hydrogens is 484 g/mol. The Morgan fingerprint density at radius 2 is 1.83 bits per heavy atom. The zero-order valence-electron chi connectivity index (χ0n) is 19.7. The number of benzene rings is 2. The second-order valence-corrected chi connectivity index (χ2v) is 11.7. The van der Waals surface area contributed by atoms with Gasteiger partial charge in [0.05, 0.1) is 16.3 Å². The first kappa shape index (κ1) is 24.0. The van der Waals surface area contributed by atoms with Gasteiger partial charge in [-0.3, -0.25) is 4.79 Å². The molecular formula is C26H29ClN4O3S. The first-order valence-corrected chi connectivity index (χ1v) is 13.9. The molecule has 5 rings (SSSR count). The Morgan fingerprint density at radius 1 is 1.03 bits per heavy atom. The lowest BCUT2D eigenvalue weighted by atomic mass is 9.96. The molecule has 1 amide bonds. The van der Waals surface area contributed by atoms with Crippen LogP contribution in [-0.2, 0) is 14.8 Å². The number of carbonyl (C=O) groups is 1. The van der Waals surface area contributed by atoms with E-state index in [1.54, 1.807) is 28.6 Å². The van der Waals surface area contributed by atoms with Crippen molar-refractivity contribution in [2.75, 3.05) is 36.4 Å². The number of amides is 1. The topological polar surface area (TPSA) is 82.6 Å². The van der Waals surface area contributed by atoms with E-state index in [-0.39, 0.29) is 11.8 Å². The SMILES string of the molecule is Cc1ccc(Cl)cc1NC(=O)[C@H]1CCCN(c2ccc3cc(S(=O)(=O)N4CCCC4)ccc3n2)C1. The molecule has 0 saturated carbocycles. The van der Waals surface area contributed by atoms with Crippen LogP contribution < -0.4 is 10.2 Å². The summed E-state index contributed by atoms with van der Waals surface area (Å²) < 4.78 is 27.4. The highest BCUT2D eigenvalue weighted by molar-refractivity contribution is 7.89. The third-order valence-corrected chi connectivity index (χ3v) is 9.05. The van der Waals surface area contributed by atoms with Crippen LogP contribution in [-0.4, -0.2) is 49.8 Å². The maximum atomic E-state index is 13.0. The molecule has 1 atom stereocenters. The maximum absolute atomic E-state index is 13.0. The van der Waals surface area contributed by atoms with Gasteiger partial charge in [0.25, 0.3) is 0 Å². The van der Waals surface area contributed by atoms with E-state index in [0.717, 1.165) is 60.2 Å². The lowest BCUT2D eigenvalue weighted by Crippen LogP contribution is -2.41. The van der Waals surface area contributed by atoms with E-state index >= 15 is 0 Å². The number of halogens is 1. The minimum Gasteiger partial charge on any atom is -0.356 e. The van der Waals surface area contributed by atoms with Crippen molar-refractivity contribution in [1.82, 2.24) is 9.29 Å². The summed E-state index contributed by atoms with van der Waals surface area (Å²) in [6.07, 6.45) is 3.52. The molecule has 7 nitrogen and oxygen atoms in total. The summed E-state index contributed by atoms with van der Waals surface area (Å²) in [6, 6.07) is 14.4. The molecule has 3 aromatic rings. The summed E-state index contributed by atoms with van der Waals surface area (Å²) >= 11 is 6.10. The van der Waals surface area contributed by atoms with Crippen molar-refractivity contribution in [3.63, 3.8) is 0 Å². The highest BCUT2D eigenvalue weighted by Gasteiger charge is 2.29. The minimum atomic E-state index is -3.47. The van der Waals surface area contributed by atoms with Crippen molar-refractivity contribution in [2.45, 2.75) is 37.5 Å². The van der Waals surface area contributed by atoms with Gasteiger partial charge in [-0.05, 0) is 80.6 Å². The smallest absolute Gasteiger partial charge is 0.243 e. The van der Waals surface area contributed by atoms with Gasteiger partial charge in [-0.1, -0.05) is 17.7 Å². The Morgan fingerprint density at radius 3 is 2.63 bits per heavy atom. The summed E-state index contributed by atoms with van der Waals surface area (Å²) in [4.78, 5) is 20.2. The number of nitrogens with zero attached hydrogens (tertiary/aromatic N) is 3. The van der Waals surface area contributed by atoms with Crippen molar-refractivity contribution in [3.8, 4) is 0 Å². The van der Waals surface area contributed by atoms with Crippen molar-refractivity contribution < 1.29 is 13.2 Å². The van der Waals surface area contributed by atoms with E-state index in [2.05, 4.69) is 10.2 Å². The molecule has 0 radical (unpaired) electrons. The number of rotatable bonds is 5. The molecule has 9 heteroatoms. The van der Waals surface area contributed by atoms with E-state index < -0.39 is 10.0 Å². The first-order chi connectivity index (χ1) is 16.8. The molecule has 3 heterocycles. The van der Waals surface area contributed by atoms with E-state index in [1.807, 2.05) is 31.2 Å². The average Bonchev–Trinajstić information content (AvgIpc) is 3.42. The van der Waals surface area contributed by atoms with Crippen molar-refractivity contribution in [3.05, 3.63) is 59.1 Å². The summed E-state index contributed by atoms with van der Waals surface area (Å²) in [5.41, 5.74) is 2.45. The number of carbonyl (C=O) groups excluding carboxylic acids is 1. The Balaban J connectivity index is 1.32. The van der Waals surface area contributed by atoms with E-state index in [4.69, 9.17) is 16.6 Å². The van der Waals surface area contributed by atoms with Gasteiger partial charge >= 0.3 is 0 Å². The number of piperidine rings is 1. The molecule has 2 aromatic carbocycles. The van der Waals surface area contributed by atoms with Crippen LogP contribution in [0.1, 0.15) is 31.2 Å². The number of hydrogen-bond acceptors (Lipinski definition) is 5. The minimum absolute atomic E-state index is 0.0161. The highest BCUT2D eigenvalue weighted by Crippen LogP contribution is 2.28. The van der Waals surface area contributed by atoms with Crippen LogP contribution in [0, 0.1) is 12.8 Å². The standard InChI is InChI=1S/C26H29ClN4O3S/c1-18-6-8-21(27)16-24(18)29-26(32)20-5-4-12-30(17-20)25-11-7-19-15-22(9-10-23(19)28-25)35(33,34)31-13-2-3-14-31/h6-11,15-16,20H,2-5,12-14,17H2,1H3,(H,29,32)/t20-/m0/s1. The largest absolute Gasteiger partial charge is 0.356 e. The van der Waals surface area contributed by atoms with Gasteiger partial charge in [-0.25, -0.2) is 13.4 Å². The first-order valence-electron chi connectivity index (χ1n) is 12.0. The van der Waals surface area contributed by atoms with Gasteiger partial charge in [-0.15, -0.1) is 0 Å². The van der Waals surface area contributed by atoms with E-state index in [1.165, 1.54) is 0 Å². The number of fused-ring (bicyclic) bond motifs is 1. The zero-order chi connectivity index (χ0) is 24.6. The van der Waals surface area contributed by atoms with Crippen LogP contribution in [0.2, 0.25) is 5.02 Å². The summed E-state index contributed by atoms with van der Waals surface area (Å²) in [5, 5.41) is 4.41. The number of aromatic nitrogens is 1. The molecule has 0 spiro atoms. The fourth-order valence-corrected chi connectivity index (χ4v) is 6.60. The number of sulfonamides is 1. The van der Waals surface area contributed by atoms with Gasteiger partial charge in [0.15, 0.2) is 0 Å². The van der Waals surface area contributed by atoms with Crippen LogP contribution in [0.25, 0.3) is 10.9 Å². The summed E-state index contributed by atoms with van der Waals surface area (Å²) in [5.74, 6) is 0.620. The Labute approximate surface area is 211 Å². The van der Waals surface area contributed by atoms with Crippen LogP contribution in [0.3, 0.4) is 0 Å². The molecule has 1 aromatic heterocycles. The van der Waals surface area contributed by atoms with E-state index in [0.29, 0.717) is 29.6 Å². The average molecular weight is 513 g/mol. The molecule has 2 aliphatic heterocycles. The molecule has 35 heavy (non-hydrogen) atoms.